The second-order valence-corrected chi connectivity index (χ2v) is 12.1. The fraction of sp³-hybridized carbons (Fsp3) is 0.593. The lowest BCUT2D eigenvalue weighted by atomic mass is 9.58. The van der Waals surface area contributed by atoms with Gasteiger partial charge in [-0.15, -0.1) is 0 Å². The highest BCUT2D eigenvalue weighted by Gasteiger charge is 2.37. The van der Waals surface area contributed by atoms with Crippen LogP contribution < -0.4 is 5.59 Å². The zero-order chi connectivity index (χ0) is 22.3. The molecule has 3 heteroatoms. The third-order valence-corrected chi connectivity index (χ3v) is 7.33. The Hall–Kier alpha value is -1.50. The van der Waals surface area contributed by atoms with E-state index in [0.29, 0.717) is 0 Å². The summed E-state index contributed by atoms with van der Waals surface area (Å²) in [5.74, 6) is 0.754. The van der Waals surface area contributed by atoms with Gasteiger partial charge in [-0.3, -0.25) is 4.98 Å². The second-order valence-electron chi connectivity index (χ2n) is 12.1. The van der Waals surface area contributed by atoms with Crippen molar-refractivity contribution >= 4 is 21.3 Å². The largest absolute Gasteiger partial charge is 0.263 e. The molecule has 0 aliphatic heterocycles. The van der Waals surface area contributed by atoms with E-state index in [2.05, 4.69) is 94.5 Å². The molecular weight excluding hydrogens is 360 g/mol. The lowest BCUT2D eigenvalue weighted by Gasteiger charge is -2.41. The Kier molecular flexibility index (Phi) is 6.34. The van der Waals surface area contributed by atoms with Gasteiger partial charge >= 0.3 is 0 Å². The summed E-state index contributed by atoms with van der Waals surface area (Å²) in [5.41, 5.74) is 8.22. The maximum absolute atomic E-state index is 5.17. The lowest BCUT2D eigenvalue weighted by Crippen LogP contribution is -2.40. The first kappa shape index (κ1) is 23.2. The van der Waals surface area contributed by atoms with Crippen molar-refractivity contribution in [3.05, 3.63) is 47.0 Å². The summed E-state index contributed by atoms with van der Waals surface area (Å²) in [4.78, 5) is 5.17. The maximum atomic E-state index is 5.17. The van der Waals surface area contributed by atoms with Crippen molar-refractivity contribution in [2.24, 2.45) is 5.92 Å². The fourth-order valence-corrected chi connectivity index (χ4v) is 5.39. The molecule has 0 radical (unpaired) electrons. The van der Waals surface area contributed by atoms with E-state index >= 15 is 0 Å². The van der Waals surface area contributed by atoms with Crippen molar-refractivity contribution in [2.45, 2.75) is 96.7 Å². The van der Waals surface area contributed by atoms with E-state index in [1.54, 1.807) is 0 Å². The van der Waals surface area contributed by atoms with Crippen LogP contribution in [0.5, 0.6) is 0 Å². The van der Waals surface area contributed by atoms with Gasteiger partial charge in [0.1, 0.15) is 7.85 Å². The highest BCUT2D eigenvalue weighted by molar-refractivity contribution is 6.32. The van der Waals surface area contributed by atoms with Gasteiger partial charge < -0.3 is 0 Å². The van der Waals surface area contributed by atoms with Crippen LogP contribution in [0.4, 0.5) is 0 Å². The molecule has 0 atom stereocenters. The molecular formula is C27H41B2N. The van der Waals surface area contributed by atoms with Crippen molar-refractivity contribution < 1.29 is 0 Å². The van der Waals surface area contributed by atoms with Crippen LogP contribution in [-0.2, 0) is 16.1 Å². The first-order valence-electron chi connectivity index (χ1n) is 12.0. The molecule has 160 valence electrons. The van der Waals surface area contributed by atoms with Gasteiger partial charge in [-0.1, -0.05) is 92.0 Å². The molecule has 3 rings (SSSR count). The van der Waals surface area contributed by atoms with Gasteiger partial charge in [-0.05, 0) is 63.3 Å². The van der Waals surface area contributed by atoms with E-state index in [1.807, 2.05) is 0 Å². The van der Waals surface area contributed by atoms with Gasteiger partial charge in [0, 0.05) is 5.56 Å². The van der Waals surface area contributed by atoms with Crippen molar-refractivity contribution in [1.29, 1.82) is 0 Å². The lowest BCUT2D eigenvalue weighted by molar-refractivity contribution is 0.235. The monoisotopic (exact) mass is 401 g/mol. The van der Waals surface area contributed by atoms with Crippen LogP contribution in [0.15, 0.2) is 30.3 Å². The van der Waals surface area contributed by atoms with E-state index in [4.69, 9.17) is 4.98 Å². The predicted molar refractivity (Wildman–Crippen MR) is 138 cm³/mol. The van der Waals surface area contributed by atoms with Crippen LogP contribution in [0.2, 0.25) is 0 Å². The first-order valence-corrected chi connectivity index (χ1v) is 12.0. The van der Waals surface area contributed by atoms with Crippen LogP contribution in [0.3, 0.4) is 0 Å². The summed E-state index contributed by atoms with van der Waals surface area (Å²) in [7, 11) is 4.59. The number of hydrogen-bond donors (Lipinski definition) is 0. The van der Waals surface area contributed by atoms with Gasteiger partial charge in [0.15, 0.2) is 7.85 Å². The van der Waals surface area contributed by atoms with Gasteiger partial charge in [0.2, 0.25) is 0 Å². The summed E-state index contributed by atoms with van der Waals surface area (Å²) in [6, 6.07) is 11.4. The highest BCUT2D eigenvalue weighted by atomic mass is 14.7. The molecule has 0 saturated heterocycles. The SMILES string of the molecule is Bc1nc(-c2ccc(C(C)(C)C)cc2)cc(C(B)(C)C)c1C(C)(C)C1CCCCC1. The highest BCUT2D eigenvalue weighted by Crippen LogP contribution is 2.43. The van der Waals surface area contributed by atoms with Crippen LogP contribution in [0, 0.1) is 5.92 Å². The number of rotatable bonds is 4. The summed E-state index contributed by atoms with van der Waals surface area (Å²) in [6.07, 6.45) is 6.87. The Morgan fingerprint density at radius 1 is 0.867 bits per heavy atom. The average Bonchev–Trinajstić information content (AvgIpc) is 2.66. The van der Waals surface area contributed by atoms with Crippen LogP contribution in [0.1, 0.15) is 97.3 Å². The Morgan fingerprint density at radius 3 is 1.93 bits per heavy atom. The standard InChI is InChI=1S/C27H41B2N/c1-25(2,3)19-15-13-18(14-16-19)22-17-21(27(6,7)29)23(24(28)30-22)26(4,5)20-11-9-8-10-12-20/h13-17,20H,8-12,28-29H2,1-7H3. The van der Waals surface area contributed by atoms with E-state index in [0.717, 1.165) is 11.6 Å². The topological polar surface area (TPSA) is 12.9 Å². The van der Waals surface area contributed by atoms with Crippen molar-refractivity contribution in [2.75, 3.05) is 0 Å². The average molecular weight is 401 g/mol. The molecule has 1 aliphatic rings. The van der Waals surface area contributed by atoms with E-state index in [9.17, 15) is 0 Å². The normalized spacial score (nSPS) is 16.6. The Bertz CT molecular complexity index is 877. The molecule has 1 aromatic heterocycles. The fourth-order valence-electron chi connectivity index (χ4n) is 5.39. The molecule has 0 spiro atoms. The Morgan fingerprint density at radius 2 is 1.43 bits per heavy atom. The third-order valence-electron chi connectivity index (χ3n) is 7.33. The minimum absolute atomic E-state index is 0.0923. The van der Waals surface area contributed by atoms with Crippen molar-refractivity contribution in [1.82, 2.24) is 4.98 Å². The number of benzene rings is 1. The second kappa shape index (κ2) is 8.21. The minimum Gasteiger partial charge on any atom is -0.263 e. The molecule has 1 saturated carbocycles. The summed E-state index contributed by atoms with van der Waals surface area (Å²) >= 11 is 0. The van der Waals surface area contributed by atoms with Gasteiger partial charge in [-0.25, -0.2) is 0 Å². The maximum Gasteiger partial charge on any atom is 0.164 e. The van der Waals surface area contributed by atoms with Crippen molar-refractivity contribution in [3.8, 4) is 11.3 Å². The first-order chi connectivity index (χ1) is 13.8. The molecule has 0 bridgehead atoms. The van der Waals surface area contributed by atoms with Gasteiger partial charge in [-0.2, -0.15) is 0 Å². The Labute approximate surface area is 187 Å². The van der Waals surface area contributed by atoms with Gasteiger partial charge in [0.25, 0.3) is 0 Å². The van der Waals surface area contributed by atoms with Gasteiger partial charge in [0.05, 0.1) is 5.69 Å². The molecule has 1 aromatic carbocycles. The number of nitrogens with zero attached hydrogens (tertiary/aromatic N) is 1. The van der Waals surface area contributed by atoms with Crippen LogP contribution in [0.25, 0.3) is 11.3 Å². The molecule has 0 unspecified atom stereocenters. The number of pyridine rings is 1. The molecule has 1 fully saturated rings. The summed E-state index contributed by atoms with van der Waals surface area (Å²) in [6.45, 7) is 16.5. The molecule has 30 heavy (non-hydrogen) atoms. The summed E-state index contributed by atoms with van der Waals surface area (Å²) in [5, 5.41) is 0.0923. The molecule has 0 N–H and O–H groups in total. The van der Waals surface area contributed by atoms with Crippen LogP contribution >= 0.6 is 0 Å². The summed E-state index contributed by atoms with van der Waals surface area (Å²) < 4.78 is 0. The molecule has 1 nitrogen and oxygen atoms in total. The predicted octanol–water partition coefficient (Wildman–Crippen LogP) is 5.03. The van der Waals surface area contributed by atoms with Crippen molar-refractivity contribution in [3.63, 3.8) is 0 Å². The smallest absolute Gasteiger partial charge is 0.164 e. The van der Waals surface area contributed by atoms with E-state index in [-0.39, 0.29) is 16.1 Å². The quantitative estimate of drug-likeness (QED) is 0.655. The molecule has 2 aromatic rings. The van der Waals surface area contributed by atoms with Crippen LogP contribution in [-0.4, -0.2) is 20.7 Å². The minimum atomic E-state index is 0.0923. The molecule has 1 heterocycles. The third kappa shape index (κ3) is 4.71. The zero-order valence-corrected chi connectivity index (χ0v) is 20.9. The van der Waals surface area contributed by atoms with E-state index < -0.39 is 0 Å². The number of aromatic nitrogens is 1. The Balaban J connectivity index is 2.10. The number of hydrogen-bond acceptors (Lipinski definition) is 1. The molecule has 1 aliphatic carbocycles. The molecule has 0 amide bonds. The van der Waals surface area contributed by atoms with E-state index in [1.165, 1.54) is 60.0 Å². The zero-order valence-electron chi connectivity index (χ0n) is 20.9.